The normalized spacial score (nSPS) is 20.8. The SMILES string of the molecule is CCC[NH+]1CCC(NC(=O)CNC(=O)c2ccccc2F)CC1. The van der Waals surface area contributed by atoms with Crippen molar-refractivity contribution in [1.29, 1.82) is 0 Å². The van der Waals surface area contributed by atoms with Crippen molar-refractivity contribution in [2.45, 2.75) is 32.2 Å². The molecule has 0 aliphatic carbocycles. The summed E-state index contributed by atoms with van der Waals surface area (Å²) >= 11 is 0. The average molecular weight is 322 g/mol. The van der Waals surface area contributed by atoms with Crippen LogP contribution in [0.2, 0.25) is 0 Å². The number of nitrogens with one attached hydrogen (secondary N) is 3. The standard InChI is InChI=1S/C17H24FN3O2/c1-2-9-21-10-7-13(8-11-21)20-16(22)12-19-17(23)14-5-3-4-6-15(14)18/h3-6,13H,2,7-12H2,1H3,(H,19,23)(H,20,22)/p+1. The number of quaternary nitrogens is 1. The largest absolute Gasteiger partial charge is 0.351 e. The van der Waals surface area contributed by atoms with E-state index in [1.54, 1.807) is 11.0 Å². The minimum absolute atomic E-state index is 0.0447. The van der Waals surface area contributed by atoms with Gasteiger partial charge in [-0.25, -0.2) is 4.39 Å². The van der Waals surface area contributed by atoms with Gasteiger partial charge in [-0.1, -0.05) is 19.1 Å². The molecule has 126 valence electrons. The van der Waals surface area contributed by atoms with Crippen molar-refractivity contribution in [3.8, 4) is 0 Å². The summed E-state index contributed by atoms with van der Waals surface area (Å²) in [6, 6.07) is 5.90. The van der Waals surface area contributed by atoms with Crippen molar-refractivity contribution >= 4 is 11.8 Å². The minimum Gasteiger partial charge on any atom is -0.351 e. The number of halogens is 1. The van der Waals surface area contributed by atoms with Gasteiger partial charge in [0.05, 0.1) is 31.7 Å². The number of carbonyl (C=O) groups excluding carboxylic acids is 2. The van der Waals surface area contributed by atoms with Crippen LogP contribution in [-0.4, -0.2) is 44.0 Å². The van der Waals surface area contributed by atoms with Gasteiger partial charge >= 0.3 is 0 Å². The molecule has 1 saturated heterocycles. The van der Waals surface area contributed by atoms with E-state index in [1.165, 1.54) is 31.2 Å². The molecule has 6 heteroatoms. The number of hydrogen-bond donors (Lipinski definition) is 3. The van der Waals surface area contributed by atoms with E-state index >= 15 is 0 Å². The first-order valence-corrected chi connectivity index (χ1v) is 8.25. The summed E-state index contributed by atoms with van der Waals surface area (Å²) in [6.07, 6.45) is 3.10. The quantitative estimate of drug-likeness (QED) is 0.697. The third-order valence-electron chi connectivity index (χ3n) is 4.19. The topological polar surface area (TPSA) is 62.6 Å². The third-order valence-corrected chi connectivity index (χ3v) is 4.19. The van der Waals surface area contributed by atoms with Crippen LogP contribution in [0.25, 0.3) is 0 Å². The number of piperidine rings is 1. The lowest BCUT2D eigenvalue weighted by atomic mass is 10.0. The summed E-state index contributed by atoms with van der Waals surface area (Å²) in [5.74, 6) is -1.38. The Balaban J connectivity index is 1.71. The van der Waals surface area contributed by atoms with Gasteiger partial charge in [-0.3, -0.25) is 9.59 Å². The van der Waals surface area contributed by atoms with E-state index in [2.05, 4.69) is 17.6 Å². The van der Waals surface area contributed by atoms with E-state index < -0.39 is 11.7 Å². The molecule has 1 aromatic carbocycles. The molecule has 5 nitrogen and oxygen atoms in total. The lowest BCUT2D eigenvalue weighted by Crippen LogP contribution is -3.13. The molecular formula is C17H25FN3O2+. The first-order chi connectivity index (χ1) is 11.1. The Morgan fingerprint density at radius 2 is 1.96 bits per heavy atom. The fourth-order valence-electron chi connectivity index (χ4n) is 2.95. The molecule has 1 aliphatic heterocycles. The summed E-state index contributed by atoms with van der Waals surface area (Å²) in [4.78, 5) is 25.3. The maximum absolute atomic E-state index is 13.5. The zero-order valence-electron chi connectivity index (χ0n) is 13.5. The van der Waals surface area contributed by atoms with Crippen molar-refractivity contribution in [3.05, 3.63) is 35.6 Å². The fraction of sp³-hybridized carbons (Fsp3) is 0.529. The van der Waals surface area contributed by atoms with Crippen LogP contribution < -0.4 is 15.5 Å². The number of carbonyl (C=O) groups is 2. The molecule has 0 spiro atoms. The lowest BCUT2D eigenvalue weighted by molar-refractivity contribution is -0.905. The van der Waals surface area contributed by atoms with Gasteiger partial charge in [-0.2, -0.15) is 0 Å². The van der Waals surface area contributed by atoms with Gasteiger partial charge in [0.15, 0.2) is 0 Å². The molecule has 1 aromatic rings. The summed E-state index contributed by atoms with van der Waals surface area (Å²) in [6.45, 7) is 5.37. The van der Waals surface area contributed by atoms with Gasteiger partial charge in [0.25, 0.3) is 5.91 Å². The second-order valence-electron chi connectivity index (χ2n) is 6.00. The van der Waals surface area contributed by atoms with E-state index in [0.717, 1.165) is 25.9 Å². The van der Waals surface area contributed by atoms with E-state index in [0.29, 0.717) is 0 Å². The van der Waals surface area contributed by atoms with Crippen LogP contribution in [0, 0.1) is 5.82 Å². The second kappa shape index (κ2) is 8.62. The van der Waals surface area contributed by atoms with Crippen molar-refractivity contribution < 1.29 is 18.9 Å². The molecule has 2 amide bonds. The highest BCUT2D eigenvalue weighted by Gasteiger charge is 2.22. The Bertz CT molecular complexity index is 542. The summed E-state index contributed by atoms with van der Waals surface area (Å²) in [5, 5.41) is 5.40. The number of benzene rings is 1. The number of likely N-dealkylation sites (tertiary alicyclic amines) is 1. The van der Waals surface area contributed by atoms with Gasteiger partial charge < -0.3 is 15.5 Å². The molecule has 0 saturated carbocycles. The molecule has 0 radical (unpaired) electrons. The first-order valence-electron chi connectivity index (χ1n) is 8.25. The van der Waals surface area contributed by atoms with Gasteiger partial charge in [-0.15, -0.1) is 0 Å². The Labute approximate surface area is 136 Å². The van der Waals surface area contributed by atoms with Crippen LogP contribution in [0.1, 0.15) is 36.5 Å². The van der Waals surface area contributed by atoms with E-state index in [1.807, 2.05) is 0 Å². The fourth-order valence-corrected chi connectivity index (χ4v) is 2.95. The number of rotatable bonds is 6. The average Bonchev–Trinajstić information content (AvgIpc) is 2.55. The highest BCUT2D eigenvalue weighted by Crippen LogP contribution is 2.05. The number of amides is 2. The van der Waals surface area contributed by atoms with Crippen molar-refractivity contribution in [3.63, 3.8) is 0 Å². The van der Waals surface area contributed by atoms with E-state index in [-0.39, 0.29) is 24.1 Å². The highest BCUT2D eigenvalue weighted by atomic mass is 19.1. The third kappa shape index (κ3) is 5.32. The Morgan fingerprint density at radius 3 is 2.61 bits per heavy atom. The zero-order valence-corrected chi connectivity index (χ0v) is 13.5. The molecule has 1 heterocycles. The Morgan fingerprint density at radius 1 is 1.26 bits per heavy atom. The van der Waals surface area contributed by atoms with Crippen LogP contribution >= 0.6 is 0 Å². The summed E-state index contributed by atoms with van der Waals surface area (Å²) < 4.78 is 13.5. The van der Waals surface area contributed by atoms with Crippen LogP contribution in [0.15, 0.2) is 24.3 Å². The monoisotopic (exact) mass is 322 g/mol. The van der Waals surface area contributed by atoms with Gasteiger partial charge in [0.2, 0.25) is 5.91 Å². The Hall–Kier alpha value is -1.95. The highest BCUT2D eigenvalue weighted by molar-refractivity contribution is 5.96. The molecule has 2 rings (SSSR count). The molecule has 0 aromatic heterocycles. The van der Waals surface area contributed by atoms with Crippen molar-refractivity contribution in [2.24, 2.45) is 0 Å². The molecule has 0 atom stereocenters. The van der Waals surface area contributed by atoms with Crippen LogP contribution in [0.4, 0.5) is 4.39 Å². The summed E-state index contributed by atoms with van der Waals surface area (Å²) in [5.41, 5.74) is -0.0447. The molecule has 0 unspecified atom stereocenters. The lowest BCUT2D eigenvalue weighted by Gasteiger charge is -2.29. The van der Waals surface area contributed by atoms with Gasteiger partial charge in [-0.05, 0) is 18.6 Å². The van der Waals surface area contributed by atoms with Crippen LogP contribution in [0.5, 0.6) is 0 Å². The van der Waals surface area contributed by atoms with E-state index in [9.17, 15) is 14.0 Å². The summed E-state index contributed by atoms with van der Waals surface area (Å²) in [7, 11) is 0. The second-order valence-corrected chi connectivity index (χ2v) is 6.00. The van der Waals surface area contributed by atoms with Crippen molar-refractivity contribution in [2.75, 3.05) is 26.2 Å². The first kappa shape index (κ1) is 17.4. The molecular weight excluding hydrogens is 297 g/mol. The van der Waals surface area contributed by atoms with Gasteiger partial charge in [0, 0.05) is 18.9 Å². The smallest absolute Gasteiger partial charge is 0.254 e. The molecule has 1 fully saturated rings. The van der Waals surface area contributed by atoms with Crippen molar-refractivity contribution in [1.82, 2.24) is 10.6 Å². The predicted molar refractivity (Wildman–Crippen MR) is 85.8 cm³/mol. The number of hydrogen-bond acceptors (Lipinski definition) is 2. The minimum atomic E-state index is -0.586. The molecule has 3 N–H and O–H groups in total. The maximum Gasteiger partial charge on any atom is 0.254 e. The van der Waals surface area contributed by atoms with E-state index in [4.69, 9.17) is 0 Å². The maximum atomic E-state index is 13.5. The predicted octanol–water partition coefficient (Wildman–Crippen LogP) is 0.129. The molecule has 1 aliphatic rings. The van der Waals surface area contributed by atoms with Crippen LogP contribution in [-0.2, 0) is 4.79 Å². The Kier molecular flexibility index (Phi) is 6.52. The molecule has 0 bridgehead atoms. The van der Waals surface area contributed by atoms with Gasteiger partial charge in [0.1, 0.15) is 5.82 Å². The zero-order chi connectivity index (χ0) is 16.7. The molecule has 23 heavy (non-hydrogen) atoms. The van der Waals surface area contributed by atoms with Crippen LogP contribution in [0.3, 0.4) is 0 Å².